The lowest BCUT2D eigenvalue weighted by atomic mass is 10.0. The highest BCUT2D eigenvalue weighted by Gasteiger charge is 2.41. The van der Waals surface area contributed by atoms with Crippen LogP contribution in [-0.2, 0) is 14.2 Å². The number of aromatic nitrogens is 2. The molecular formula is C17H24N4O4. The van der Waals surface area contributed by atoms with Crippen LogP contribution in [0.25, 0.3) is 0 Å². The summed E-state index contributed by atoms with van der Waals surface area (Å²) in [6.45, 7) is 3.98. The van der Waals surface area contributed by atoms with Gasteiger partial charge < -0.3 is 24.4 Å². The molecule has 1 atom stereocenters. The van der Waals surface area contributed by atoms with E-state index in [2.05, 4.69) is 15.3 Å². The Morgan fingerprint density at radius 1 is 1.28 bits per heavy atom. The van der Waals surface area contributed by atoms with Crippen LogP contribution in [0.1, 0.15) is 36.2 Å². The predicted molar refractivity (Wildman–Crippen MR) is 89.3 cm³/mol. The minimum Gasteiger partial charge on any atom is -0.376 e. The smallest absolute Gasteiger partial charge is 0.272 e. The first-order valence-electron chi connectivity index (χ1n) is 9.00. The molecule has 4 heterocycles. The van der Waals surface area contributed by atoms with Gasteiger partial charge in [0.2, 0.25) is 5.95 Å². The lowest BCUT2D eigenvalue weighted by Gasteiger charge is -2.37. The average molecular weight is 348 g/mol. The van der Waals surface area contributed by atoms with E-state index in [9.17, 15) is 4.79 Å². The van der Waals surface area contributed by atoms with E-state index in [1.54, 1.807) is 12.3 Å². The molecule has 1 aromatic heterocycles. The van der Waals surface area contributed by atoms with Gasteiger partial charge in [0.05, 0.1) is 19.3 Å². The zero-order valence-electron chi connectivity index (χ0n) is 14.3. The number of amides is 1. The van der Waals surface area contributed by atoms with Crippen molar-refractivity contribution >= 4 is 11.9 Å². The zero-order chi connectivity index (χ0) is 17.1. The van der Waals surface area contributed by atoms with Gasteiger partial charge >= 0.3 is 0 Å². The molecule has 3 aliphatic rings. The van der Waals surface area contributed by atoms with Crippen LogP contribution in [0.2, 0.25) is 0 Å². The topological polar surface area (TPSA) is 85.8 Å². The molecule has 8 nitrogen and oxygen atoms in total. The van der Waals surface area contributed by atoms with Gasteiger partial charge in [-0.05, 0) is 18.9 Å². The quantitative estimate of drug-likeness (QED) is 0.870. The summed E-state index contributed by atoms with van der Waals surface area (Å²) >= 11 is 0. The van der Waals surface area contributed by atoms with Crippen molar-refractivity contribution in [1.29, 1.82) is 0 Å². The van der Waals surface area contributed by atoms with Crippen LogP contribution < -0.4 is 5.32 Å². The molecule has 8 heteroatoms. The largest absolute Gasteiger partial charge is 0.376 e. The standard InChI is InChI=1S/C17H24N4O4/c22-15(21-7-4-17(5-8-21)24-10-11-25-17)14-3-6-18-16(20-14)19-12-13-2-1-9-23-13/h3,6,13H,1-2,4-5,7-12H2,(H,18,19,20). The Labute approximate surface area is 146 Å². The number of likely N-dealkylation sites (tertiary alicyclic amines) is 1. The summed E-state index contributed by atoms with van der Waals surface area (Å²) in [7, 11) is 0. The number of carbonyl (C=O) groups excluding carboxylic acids is 1. The number of hydrogen-bond donors (Lipinski definition) is 1. The molecule has 1 N–H and O–H groups in total. The molecule has 1 aromatic rings. The van der Waals surface area contributed by atoms with E-state index in [-0.39, 0.29) is 12.0 Å². The van der Waals surface area contributed by atoms with Gasteiger partial charge in [0, 0.05) is 45.3 Å². The highest BCUT2D eigenvalue weighted by molar-refractivity contribution is 5.92. The van der Waals surface area contributed by atoms with Crippen molar-refractivity contribution in [3.05, 3.63) is 18.0 Å². The van der Waals surface area contributed by atoms with Gasteiger partial charge in [-0.3, -0.25) is 4.79 Å². The summed E-state index contributed by atoms with van der Waals surface area (Å²) in [6.07, 6.45) is 5.36. The van der Waals surface area contributed by atoms with E-state index in [0.717, 1.165) is 19.4 Å². The third kappa shape index (κ3) is 3.75. The van der Waals surface area contributed by atoms with Gasteiger partial charge in [0.25, 0.3) is 5.91 Å². The van der Waals surface area contributed by atoms with Crippen molar-refractivity contribution in [2.45, 2.75) is 37.6 Å². The van der Waals surface area contributed by atoms with Crippen molar-refractivity contribution in [3.63, 3.8) is 0 Å². The number of hydrogen-bond acceptors (Lipinski definition) is 7. The van der Waals surface area contributed by atoms with E-state index in [4.69, 9.17) is 14.2 Å². The number of anilines is 1. The Hall–Kier alpha value is -1.77. The SMILES string of the molecule is O=C(c1ccnc(NCC2CCCO2)n1)N1CCC2(CC1)OCCO2. The molecule has 0 saturated carbocycles. The van der Waals surface area contributed by atoms with Gasteiger partial charge in [-0.15, -0.1) is 0 Å². The molecule has 3 fully saturated rings. The first-order chi connectivity index (χ1) is 12.2. The fourth-order valence-electron chi connectivity index (χ4n) is 3.57. The van der Waals surface area contributed by atoms with E-state index < -0.39 is 5.79 Å². The summed E-state index contributed by atoms with van der Waals surface area (Å²) in [5, 5.41) is 3.17. The van der Waals surface area contributed by atoms with E-state index in [1.807, 2.05) is 4.90 Å². The minimum absolute atomic E-state index is 0.0737. The average Bonchev–Trinajstić information content (AvgIpc) is 3.33. The van der Waals surface area contributed by atoms with Crippen LogP contribution in [0.5, 0.6) is 0 Å². The third-order valence-electron chi connectivity index (χ3n) is 5.01. The molecule has 1 unspecified atom stereocenters. The first-order valence-corrected chi connectivity index (χ1v) is 9.00. The maximum Gasteiger partial charge on any atom is 0.272 e. The number of nitrogens with one attached hydrogen (secondary N) is 1. The van der Waals surface area contributed by atoms with Crippen LogP contribution in [0, 0.1) is 0 Å². The Kier molecular flexibility index (Phi) is 4.82. The molecule has 25 heavy (non-hydrogen) atoms. The Morgan fingerprint density at radius 2 is 2.08 bits per heavy atom. The Balaban J connectivity index is 1.34. The summed E-state index contributed by atoms with van der Waals surface area (Å²) in [5.74, 6) is -0.0797. The normalized spacial score (nSPS) is 25.4. The van der Waals surface area contributed by atoms with Gasteiger partial charge in [0.15, 0.2) is 5.79 Å². The molecule has 1 spiro atoms. The molecule has 0 bridgehead atoms. The molecule has 4 rings (SSSR count). The van der Waals surface area contributed by atoms with Gasteiger partial charge in [-0.2, -0.15) is 0 Å². The highest BCUT2D eigenvalue weighted by Crippen LogP contribution is 2.31. The number of carbonyl (C=O) groups is 1. The molecule has 0 radical (unpaired) electrons. The van der Waals surface area contributed by atoms with Crippen molar-refractivity contribution in [2.24, 2.45) is 0 Å². The maximum atomic E-state index is 12.7. The molecule has 0 aliphatic carbocycles. The number of piperidine rings is 1. The number of ether oxygens (including phenoxy) is 3. The van der Waals surface area contributed by atoms with Crippen molar-refractivity contribution in [2.75, 3.05) is 44.8 Å². The predicted octanol–water partition coefficient (Wildman–Crippen LogP) is 1.05. The molecule has 3 aliphatic heterocycles. The summed E-state index contributed by atoms with van der Waals surface area (Å²) in [6, 6.07) is 1.66. The van der Waals surface area contributed by atoms with Crippen molar-refractivity contribution < 1.29 is 19.0 Å². The van der Waals surface area contributed by atoms with Crippen molar-refractivity contribution in [3.8, 4) is 0 Å². The molecule has 3 saturated heterocycles. The number of nitrogens with zero attached hydrogens (tertiary/aromatic N) is 3. The fourth-order valence-corrected chi connectivity index (χ4v) is 3.57. The van der Waals surface area contributed by atoms with Crippen LogP contribution in [0.4, 0.5) is 5.95 Å². The van der Waals surface area contributed by atoms with E-state index in [1.165, 1.54) is 0 Å². The summed E-state index contributed by atoms with van der Waals surface area (Å²) in [5.41, 5.74) is 0.411. The third-order valence-corrected chi connectivity index (χ3v) is 5.01. The molecule has 1 amide bonds. The fraction of sp³-hybridized carbons (Fsp3) is 0.706. The monoisotopic (exact) mass is 348 g/mol. The molecule has 0 aromatic carbocycles. The van der Waals surface area contributed by atoms with Gasteiger partial charge in [-0.1, -0.05) is 0 Å². The molecular weight excluding hydrogens is 324 g/mol. The van der Waals surface area contributed by atoms with E-state index >= 15 is 0 Å². The lowest BCUT2D eigenvalue weighted by Crippen LogP contribution is -2.47. The number of rotatable bonds is 4. The second-order valence-electron chi connectivity index (χ2n) is 6.68. The highest BCUT2D eigenvalue weighted by atomic mass is 16.7. The Bertz CT molecular complexity index is 604. The van der Waals surface area contributed by atoms with Crippen LogP contribution in [-0.4, -0.2) is 72.1 Å². The van der Waals surface area contributed by atoms with E-state index in [0.29, 0.717) is 57.3 Å². The Morgan fingerprint density at radius 3 is 2.80 bits per heavy atom. The second kappa shape index (κ2) is 7.23. The zero-order valence-corrected chi connectivity index (χ0v) is 14.3. The minimum atomic E-state index is -0.476. The van der Waals surface area contributed by atoms with Crippen LogP contribution >= 0.6 is 0 Å². The summed E-state index contributed by atoms with van der Waals surface area (Å²) < 4.78 is 17.0. The van der Waals surface area contributed by atoms with Crippen LogP contribution in [0.3, 0.4) is 0 Å². The second-order valence-corrected chi connectivity index (χ2v) is 6.68. The maximum absolute atomic E-state index is 12.7. The van der Waals surface area contributed by atoms with Crippen molar-refractivity contribution in [1.82, 2.24) is 14.9 Å². The first kappa shape index (κ1) is 16.7. The van der Waals surface area contributed by atoms with Crippen LogP contribution in [0.15, 0.2) is 12.3 Å². The van der Waals surface area contributed by atoms with Gasteiger partial charge in [0.1, 0.15) is 5.69 Å². The molecule has 136 valence electrons. The summed E-state index contributed by atoms with van der Waals surface area (Å²) in [4.78, 5) is 23.1. The lowest BCUT2D eigenvalue weighted by molar-refractivity contribution is -0.181. The van der Waals surface area contributed by atoms with Gasteiger partial charge in [-0.25, -0.2) is 9.97 Å².